The molecule has 3 aromatic rings. The summed E-state index contributed by atoms with van der Waals surface area (Å²) in [6.07, 6.45) is 0.261. The number of carboxylic acid groups (broad SMARTS) is 1. The Kier molecular flexibility index (Phi) is 8.00. The number of hydrogen-bond donors (Lipinski definition) is 2. The molecule has 5 rings (SSSR count). The van der Waals surface area contributed by atoms with E-state index in [9.17, 15) is 19.5 Å². The molecular formula is C33H32Cl2N2O4. The van der Waals surface area contributed by atoms with E-state index in [4.69, 9.17) is 23.2 Å². The third-order valence-electron chi connectivity index (χ3n) is 7.82. The standard InChI is InChI=1S/C33H32Cl2N2O4/c1-33(2,3)21-10-8-19(9-11-21)20-16-26-31(28(38)17-20)32(23-13-12-22(34)18-24(23)35)37(29(39)14-15-30(40)41)27-7-5-4-6-25(27)36-26/h4-13,18,20,32,36H,14-17H2,1-3H3,(H,40,41)/t20-,32-/m0/s1. The molecule has 2 N–H and O–H groups in total. The highest BCUT2D eigenvalue weighted by molar-refractivity contribution is 6.35. The maximum absolute atomic E-state index is 14.1. The van der Waals surface area contributed by atoms with Gasteiger partial charge in [0.25, 0.3) is 0 Å². The first-order valence-corrected chi connectivity index (χ1v) is 14.4. The number of carbonyl (C=O) groups excluding carboxylic acids is 2. The van der Waals surface area contributed by atoms with Gasteiger partial charge >= 0.3 is 5.97 Å². The van der Waals surface area contributed by atoms with Crippen molar-refractivity contribution in [2.45, 2.75) is 63.8 Å². The molecule has 1 amide bonds. The molecule has 2 atom stereocenters. The molecule has 1 aliphatic carbocycles. The summed E-state index contributed by atoms with van der Waals surface area (Å²) in [6, 6.07) is 19.9. The van der Waals surface area contributed by atoms with Gasteiger partial charge in [0, 0.05) is 34.2 Å². The minimum absolute atomic E-state index is 0.0187. The smallest absolute Gasteiger partial charge is 0.303 e. The van der Waals surface area contributed by atoms with E-state index in [1.165, 1.54) is 10.5 Å². The zero-order valence-corrected chi connectivity index (χ0v) is 24.7. The number of anilines is 2. The molecule has 212 valence electrons. The Labute approximate surface area is 250 Å². The predicted molar refractivity (Wildman–Crippen MR) is 163 cm³/mol. The largest absolute Gasteiger partial charge is 0.481 e. The van der Waals surface area contributed by atoms with Gasteiger partial charge in [-0.1, -0.05) is 86.4 Å². The normalized spacial score (nSPS) is 18.8. The number of nitrogens with one attached hydrogen (secondary N) is 1. The lowest BCUT2D eigenvalue weighted by Crippen LogP contribution is -2.38. The Morgan fingerprint density at radius 3 is 2.34 bits per heavy atom. The first kappa shape index (κ1) is 28.9. The summed E-state index contributed by atoms with van der Waals surface area (Å²) in [6.45, 7) is 6.50. The molecule has 8 heteroatoms. The number of halogens is 2. The molecule has 1 aliphatic heterocycles. The molecule has 0 spiro atoms. The number of carboxylic acids is 1. The molecular weight excluding hydrogens is 559 g/mol. The van der Waals surface area contributed by atoms with Crippen molar-refractivity contribution in [3.05, 3.63) is 105 Å². The zero-order valence-electron chi connectivity index (χ0n) is 23.2. The molecule has 0 radical (unpaired) electrons. The molecule has 0 saturated heterocycles. The van der Waals surface area contributed by atoms with Crippen LogP contribution in [0.2, 0.25) is 10.0 Å². The summed E-state index contributed by atoms with van der Waals surface area (Å²) >= 11 is 12.9. The lowest BCUT2D eigenvalue weighted by Gasteiger charge is -2.35. The Hall–Kier alpha value is -3.61. The van der Waals surface area contributed by atoms with Crippen molar-refractivity contribution in [2.24, 2.45) is 0 Å². The van der Waals surface area contributed by atoms with Crippen molar-refractivity contribution in [1.82, 2.24) is 0 Å². The number of ketones is 1. The Balaban J connectivity index is 1.66. The van der Waals surface area contributed by atoms with Crippen LogP contribution in [0.1, 0.15) is 75.1 Å². The van der Waals surface area contributed by atoms with E-state index in [2.05, 4.69) is 50.4 Å². The van der Waals surface area contributed by atoms with Crippen LogP contribution in [0.5, 0.6) is 0 Å². The average Bonchev–Trinajstić information content (AvgIpc) is 3.06. The number of para-hydroxylation sites is 2. The fraction of sp³-hybridized carbons (Fsp3) is 0.303. The zero-order chi connectivity index (χ0) is 29.5. The fourth-order valence-corrected chi connectivity index (χ4v) is 6.22. The summed E-state index contributed by atoms with van der Waals surface area (Å²) in [7, 11) is 0. The van der Waals surface area contributed by atoms with E-state index in [0.717, 1.165) is 11.3 Å². The number of fused-ring (bicyclic) bond motifs is 1. The Morgan fingerprint density at radius 1 is 0.976 bits per heavy atom. The topological polar surface area (TPSA) is 86.7 Å². The monoisotopic (exact) mass is 590 g/mol. The number of aliphatic carboxylic acids is 1. The van der Waals surface area contributed by atoms with Gasteiger partial charge in [0.05, 0.1) is 23.8 Å². The van der Waals surface area contributed by atoms with E-state index in [1.807, 2.05) is 18.2 Å². The van der Waals surface area contributed by atoms with Gasteiger partial charge < -0.3 is 10.4 Å². The second-order valence-corrected chi connectivity index (χ2v) is 12.5. The number of hydrogen-bond acceptors (Lipinski definition) is 4. The summed E-state index contributed by atoms with van der Waals surface area (Å²) in [5.74, 6) is -1.64. The molecule has 1 heterocycles. The van der Waals surface area contributed by atoms with Crippen LogP contribution in [0.3, 0.4) is 0 Å². The van der Waals surface area contributed by atoms with Gasteiger partial charge in [-0.3, -0.25) is 19.3 Å². The SMILES string of the molecule is CC(C)(C)c1ccc([C@@H]2CC(=O)C3=C(C2)Nc2ccccc2N(C(=O)CCC(=O)O)[C@H]3c2ccc(Cl)cc2Cl)cc1. The quantitative estimate of drug-likeness (QED) is 0.314. The summed E-state index contributed by atoms with van der Waals surface area (Å²) < 4.78 is 0. The van der Waals surface area contributed by atoms with Gasteiger partial charge in [-0.05, 0) is 58.7 Å². The molecule has 0 fully saturated rings. The number of allylic oxidation sites excluding steroid dienone is 1. The third kappa shape index (κ3) is 5.90. The van der Waals surface area contributed by atoms with Crippen LogP contribution >= 0.6 is 23.2 Å². The highest BCUT2D eigenvalue weighted by Gasteiger charge is 2.42. The number of nitrogens with zero attached hydrogens (tertiary/aromatic N) is 1. The lowest BCUT2D eigenvalue weighted by atomic mass is 9.77. The van der Waals surface area contributed by atoms with Crippen molar-refractivity contribution < 1.29 is 19.5 Å². The first-order valence-electron chi connectivity index (χ1n) is 13.7. The highest BCUT2D eigenvalue weighted by atomic mass is 35.5. The minimum atomic E-state index is -1.07. The predicted octanol–water partition coefficient (Wildman–Crippen LogP) is 8.06. The number of Topliss-reactive ketones (excluding diaryl/α,β-unsaturated/α-hetero) is 1. The maximum Gasteiger partial charge on any atom is 0.303 e. The van der Waals surface area contributed by atoms with Gasteiger partial charge in [0.1, 0.15) is 0 Å². The minimum Gasteiger partial charge on any atom is -0.481 e. The van der Waals surface area contributed by atoms with E-state index in [1.54, 1.807) is 24.3 Å². The van der Waals surface area contributed by atoms with E-state index in [0.29, 0.717) is 39.0 Å². The maximum atomic E-state index is 14.1. The van der Waals surface area contributed by atoms with Crippen molar-refractivity contribution in [2.75, 3.05) is 10.2 Å². The highest BCUT2D eigenvalue weighted by Crippen LogP contribution is 2.49. The molecule has 0 unspecified atom stereocenters. The second kappa shape index (κ2) is 11.3. The summed E-state index contributed by atoms with van der Waals surface area (Å²) in [4.78, 5) is 40.8. The number of benzene rings is 3. The third-order valence-corrected chi connectivity index (χ3v) is 8.38. The Bertz CT molecular complexity index is 1560. The Morgan fingerprint density at radius 2 is 1.68 bits per heavy atom. The van der Waals surface area contributed by atoms with E-state index < -0.39 is 17.9 Å². The van der Waals surface area contributed by atoms with Crippen LogP contribution in [0.4, 0.5) is 11.4 Å². The molecule has 0 aromatic heterocycles. The average molecular weight is 592 g/mol. The van der Waals surface area contributed by atoms with Gasteiger partial charge in [0.2, 0.25) is 5.91 Å². The van der Waals surface area contributed by atoms with Crippen molar-refractivity contribution in [3.8, 4) is 0 Å². The van der Waals surface area contributed by atoms with Crippen LogP contribution in [0.15, 0.2) is 78.0 Å². The molecule has 0 bridgehead atoms. The fourth-order valence-electron chi connectivity index (χ4n) is 5.71. The van der Waals surface area contributed by atoms with Gasteiger partial charge in [-0.2, -0.15) is 0 Å². The van der Waals surface area contributed by atoms with Crippen molar-refractivity contribution in [3.63, 3.8) is 0 Å². The van der Waals surface area contributed by atoms with Crippen molar-refractivity contribution >= 4 is 52.2 Å². The van der Waals surface area contributed by atoms with Crippen LogP contribution < -0.4 is 10.2 Å². The van der Waals surface area contributed by atoms with Crippen LogP contribution in [-0.4, -0.2) is 22.8 Å². The van der Waals surface area contributed by atoms with Crippen molar-refractivity contribution in [1.29, 1.82) is 0 Å². The van der Waals surface area contributed by atoms with Gasteiger partial charge in [-0.15, -0.1) is 0 Å². The molecule has 0 saturated carbocycles. The summed E-state index contributed by atoms with van der Waals surface area (Å²) in [5.41, 5.74) is 5.25. The lowest BCUT2D eigenvalue weighted by molar-refractivity contribution is -0.138. The van der Waals surface area contributed by atoms with E-state index in [-0.39, 0.29) is 36.4 Å². The molecule has 6 nitrogen and oxygen atoms in total. The summed E-state index contributed by atoms with van der Waals surface area (Å²) in [5, 5.41) is 13.5. The van der Waals surface area contributed by atoms with Crippen LogP contribution in [0, 0.1) is 0 Å². The van der Waals surface area contributed by atoms with E-state index >= 15 is 0 Å². The van der Waals surface area contributed by atoms with Gasteiger partial charge in [-0.25, -0.2) is 0 Å². The number of rotatable bonds is 5. The number of amides is 1. The van der Waals surface area contributed by atoms with Gasteiger partial charge in [0.15, 0.2) is 5.78 Å². The second-order valence-electron chi connectivity index (χ2n) is 11.7. The molecule has 2 aliphatic rings. The van der Waals surface area contributed by atoms with Crippen LogP contribution in [0.25, 0.3) is 0 Å². The van der Waals surface area contributed by atoms with Crippen LogP contribution in [-0.2, 0) is 19.8 Å². The number of carbonyl (C=O) groups is 3. The molecule has 41 heavy (non-hydrogen) atoms. The molecule has 3 aromatic carbocycles. The first-order chi connectivity index (χ1) is 19.4.